The molecule has 0 unspecified atom stereocenters. The Balaban J connectivity index is 1.43. The van der Waals surface area contributed by atoms with Gasteiger partial charge in [0.05, 0.1) is 0 Å². The predicted molar refractivity (Wildman–Crippen MR) is 79.7 cm³/mol. The molecule has 1 aromatic carbocycles. The quantitative estimate of drug-likeness (QED) is 0.824. The Morgan fingerprint density at radius 2 is 1.77 bits per heavy atom. The van der Waals surface area contributed by atoms with E-state index in [1.165, 1.54) is 49.8 Å². The molecule has 3 rings (SSSR count). The van der Waals surface area contributed by atoms with Gasteiger partial charge < -0.3 is 10.1 Å². The lowest BCUT2D eigenvalue weighted by Crippen LogP contribution is -2.51. The van der Waals surface area contributed by atoms with Crippen LogP contribution in [0.3, 0.4) is 0 Å². The smallest absolute Gasteiger partial charge is 0.406 e. The van der Waals surface area contributed by atoms with Crippen LogP contribution in [0.5, 0.6) is 5.75 Å². The standard InChI is InChI=1S/C15H19F3N2OS/c16-15(17,18)21-12-1-3-13(4-2-12)22-20-11-9-14(10-11)5-7-19-8-6-14/h1-4,11,19-20H,5-10H2. The first-order chi connectivity index (χ1) is 10.4. The zero-order valence-corrected chi connectivity index (χ0v) is 12.9. The number of rotatable bonds is 4. The van der Waals surface area contributed by atoms with Crippen molar-refractivity contribution in [3.63, 3.8) is 0 Å². The Morgan fingerprint density at radius 3 is 2.36 bits per heavy atom. The van der Waals surface area contributed by atoms with Gasteiger partial charge in [0, 0.05) is 10.9 Å². The molecule has 0 bridgehead atoms. The summed E-state index contributed by atoms with van der Waals surface area (Å²) >= 11 is 1.48. The van der Waals surface area contributed by atoms with E-state index in [1.807, 2.05) is 0 Å². The van der Waals surface area contributed by atoms with Crippen LogP contribution in [0.25, 0.3) is 0 Å². The van der Waals surface area contributed by atoms with Crippen molar-refractivity contribution >= 4 is 11.9 Å². The molecule has 1 aromatic rings. The summed E-state index contributed by atoms with van der Waals surface area (Å²) in [6.45, 7) is 2.22. The number of nitrogens with one attached hydrogen (secondary N) is 2. The van der Waals surface area contributed by atoms with E-state index >= 15 is 0 Å². The highest BCUT2D eigenvalue weighted by Gasteiger charge is 2.44. The van der Waals surface area contributed by atoms with Gasteiger partial charge in [-0.05, 0) is 80.4 Å². The van der Waals surface area contributed by atoms with Gasteiger partial charge in [0.1, 0.15) is 5.75 Å². The lowest BCUT2D eigenvalue weighted by Gasteiger charge is -2.50. The van der Waals surface area contributed by atoms with Crippen LogP contribution >= 0.6 is 11.9 Å². The molecular weight excluding hydrogens is 313 g/mol. The second kappa shape index (κ2) is 6.29. The predicted octanol–water partition coefficient (Wildman–Crippen LogP) is 3.71. The van der Waals surface area contributed by atoms with E-state index in [-0.39, 0.29) is 5.75 Å². The molecule has 2 N–H and O–H groups in total. The van der Waals surface area contributed by atoms with Gasteiger partial charge in [0.2, 0.25) is 0 Å². The van der Waals surface area contributed by atoms with Gasteiger partial charge in [0.15, 0.2) is 0 Å². The summed E-state index contributed by atoms with van der Waals surface area (Å²) in [5.41, 5.74) is 0.522. The molecule has 0 aromatic heterocycles. The summed E-state index contributed by atoms with van der Waals surface area (Å²) in [5, 5.41) is 3.38. The van der Waals surface area contributed by atoms with Crippen LogP contribution in [0, 0.1) is 5.41 Å². The molecule has 0 atom stereocenters. The molecule has 1 heterocycles. The Kier molecular flexibility index (Phi) is 4.56. The maximum atomic E-state index is 12.1. The largest absolute Gasteiger partial charge is 0.573 e. The molecule has 2 fully saturated rings. The molecule has 3 nitrogen and oxygen atoms in total. The van der Waals surface area contributed by atoms with Gasteiger partial charge >= 0.3 is 6.36 Å². The van der Waals surface area contributed by atoms with E-state index in [0.717, 1.165) is 18.0 Å². The molecule has 122 valence electrons. The second-order valence-electron chi connectivity index (χ2n) is 6.09. The Hall–Kier alpha value is -0.920. The van der Waals surface area contributed by atoms with E-state index in [9.17, 15) is 13.2 Å². The first-order valence-electron chi connectivity index (χ1n) is 7.43. The van der Waals surface area contributed by atoms with Crippen LogP contribution in [0.1, 0.15) is 25.7 Å². The molecule has 1 aliphatic carbocycles. The fourth-order valence-corrected chi connectivity index (χ4v) is 4.04. The summed E-state index contributed by atoms with van der Waals surface area (Å²) in [7, 11) is 0. The average Bonchev–Trinajstić information content (AvgIpc) is 2.44. The Labute approximate surface area is 132 Å². The average molecular weight is 332 g/mol. The molecular formula is C15H19F3N2OS. The van der Waals surface area contributed by atoms with E-state index in [4.69, 9.17) is 0 Å². The number of hydrogen-bond acceptors (Lipinski definition) is 4. The van der Waals surface area contributed by atoms with E-state index in [2.05, 4.69) is 14.8 Å². The van der Waals surface area contributed by atoms with Crippen molar-refractivity contribution in [1.29, 1.82) is 0 Å². The summed E-state index contributed by atoms with van der Waals surface area (Å²) < 4.78 is 43.5. The maximum Gasteiger partial charge on any atom is 0.573 e. The molecule has 0 amide bonds. The zero-order chi connectivity index (χ0) is 15.6. The van der Waals surface area contributed by atoms with Crippen molar-refractivity contribution < 1.29 is 17.9 Å². The second-order valence-corrected chi connectivity index (χ2v) is 7.01. The number of benzene rings is 1. The Bertz CT molecular complexity index is 493. The van der Waals surface area contributed by atoms with Gasteiger partial charge in [-0.1, -0.05) is 0 Å². The zero-order valence-electron chi connectivity index (χ0n) is 12.1. The first-order valence-corrected chi connectivity index (χ1v) is 8.25. The molecule has 0 radical (unpaired) electrons. The van der Waals surface area contributed by atoms with Gasteiger partial charge in [-0.2, -0.15) is 0 Å². The number of alkyl halides is 3. The highest BCUT2D eigenvalue weighted by Crippen LogP contribution is 2.48. The van der Waals surface area contributed by atoms with Crippen molar-refractivity contribution in [2.45, 2.75) is 43.0 Å². The van der Waals surface area contributed by atoms with Crippen molar-refractivity contribution in [2.75, 3.05) is 13.1 Å². The summed E-state index contributed by atoms with van der Waals surface area (Å²) in [6.07, 6.45) is 0.245. The van der Waals surface area contributed by atoms with Crippen molar-refractivity contribution in [2.24, 2.45) is 5.41 Å². The van der Waals surface area contributed by atoms with Gasteiger partial charge in [-0.25, -0.2) is 0 Å². The highest BCUT2D eigenvalue weighted by atomic mass is 32.2. The minimum Gasteiger partial charge on any atom is -0.406 e. The van der Waals surface area contributed by atoms with Crippen LogP contribution in [0.4, 0.5) is 13.2 Å². The minimum absolute atomic E-state index is 0.186. The van der Waals surface area contributed by atoms with Gasteiger partial charge in [-0.3, -0.25) is 4.72 Å². The monoisotopic (exact) mass is 332 g/mol. The number of piperidine rings is 1. The summed E-state index contributed by atoms with van der Waals surface area (Å²) in [6, 6.07) is 6.45. The van der Waals surface area contributed by atoms with Crippen LogP contribution in [0.2, 0.25) is 0 Å². The number of halogens is 3. The lowest BCUT2D eigenvalue weighted by atomic mass is 9.61. The van der Waals surface area contributed by atoms with E-state index in [0.29, 0.717) is 11.5 Å². The lowest BCUT2D eigenvalue weighted by molar-refractivity contribution is -0.274. The van der Waals surface area contributed by atoms with Crippen molar-refractivity contribution in [3.8, 4) is 5.75 Å². The molecule has 1 saturated heterocycles. The first kappa shape index (κ1) is 16.0. The van der Waals surface area contributed by atoms with Crippen molar-refractivity contribution in [3.05, 3.63) is 24.3 Å². The van der Waals surface area contributed by atoms with Crippen LogP contribution in [-0.4, -0.2) is 25.5 Å². The fourth-order valence-electron chi connectivity index (χ4n) is 3.30. The molecule has 2 aliphatic rings. The van der Waals surface area contributed by atoms with Crippen molar-refractivity contribution in [1.82, 2.24) is 10.0 Å². The van der Waals surface area contributed by atoms with Crippen LogP contribution < -0.4 is 14.8 Å². The third-order valence-electron chi connectivity index (χ3n) is 4.42. The minimum atomic E-state index is -4.64. The number of ether oxygens (including phenoxy) is 1. The summed E-state index contributed by atoms with van der Waals surface area (Å²) in [5.74, 6) is -0.186. The molecule has 7 heteroatoms. The normalized spacial score (nSPS) is 21.6. The van der Waals surface area contributed by atoms with E-state index < -0.39 is 6.36 Å². The highest BCUT2D eigenvalue weighted by molar-refractivity contribution is 7.97. The van der Waals surface area contributed by atoms with Gasteiger partial charge in [-0.15, -0.1) is 13.2 Å². The molecule has 22 heavy (non-hydrogen) atoms. The summed E-state index contributed by atoms with van der Waals surface area (Å²) in [4.78, 5) is 0.890. The fraction of sp³-hybridized carbons (Fsp3) is 0.600. The molecule has 1 aliphatic heterocycles. The third kappa shape index (κ3) is 4.08. The van der Waals surface area contributed by atoms with E-state index in [1.54, 1.807) is 12.1 Å². The van der Waals surface area contributed by atoms with Crippen LogP contribution in [-0.2, 0) is 0 Å². The Morgan fingerprint density at radius 1 is 1.14 bits per heavy atom. The molecule has 1 spiro atoms. The van der Waals surface area contributed by atoms with Crippen LogP contribution in [0.15, 0.2) is 29.2 Å². The number of hydrogen-bond donors (Lipinski definition) is 2. The molecule has 1 saturated carbocycles. The third-order valence-corrected chi connectivity index (χ3v) is 5.38. The van der Waals surface area contributed by atoms with Gasteiger partial charge in [0.25, 0.3) is 0 Å². The SMILES string of the molecule is FC(F)(F)Oc1ccc(SNC2CC3(CCNCC3)C2)cc1. The maximum absolute atomic E-state index is 12.1. The topological polar surface area (TPSA) is 33.3 Å².